The van der Waals surface area contributed by atoms with Crippen molar-refractivity contribution in [2.75, 3.05) is 10.6 Å². The molecule has 1 aromatic heterocycles. The lowest BCUT2D eigenvalue weighted by atomic mass is 9.92. The summed E-state index contributed by atoms with van der Waals surface area (Å²) in [6.07, 6.45) is -4.79. The van der Waals surface area contributed by atoms with Crippen molar-refractivity contribution in [2.24, 2.45) is 0 Å². The summed E-state index contributed by atoms with van der Waals surface area (Å²) in [5, 5.41) is 5.28. The van der Waals surface area contributed by atoms with Crippen molar-refractivity contribution in [2.45, 2.75) is 29.4 Å². The van der Waals surface area contributed by atoms with Crippen molar-refractivity contribution in [3.8, 4) is 0 Å². The lowest BCUT2D eigenvalue weighted by molar-refractivity contribution is -0.137. The zero-order valence-corrected chi connectivity index (χ0v) is 17.7. The van der Waals surface area contributed by atoms with Gasteiger partial charge in [0.2, 0.25) is 11.8 Å². The van der Waals surface area contributed by atoms with Crippen molar-refractivity contribution >= 4 is 35.1 Å². The van der Waals surface area contributed by atoms with Crippen molar-refractivity contribution in [1.82, 2.24) is 9.97 Å². The van der Waals surface area contributed by atoms with Crippen LogP contribution in [0.3, 0.4) is 0 Å². The predicted octanol–water partition coefficient (Wildman–Crippen LogP) is 4.15. The number of rotatable bonds is 5. The van der Waals surface area contributed by atoms with Crippen molar-refractivity contribution in [1.29, 1.82) is 0 Å². The van der Waals surface area contributed by atoms with E-state index in [1.807, 2.05) is 30.3 Å². The number of aromatic amines is 1. The Morgan fingerprint density at radius 3 is 2.45 bits per heavy atom. The number of benzene rings is 2. The molecule has 0 saturated carbocycles. The summed E-state index contributed by atoms with van der Waals surface area (Å²) in [5.74, 6) is -1.79. The molecular weight excluding hydrogens is 457 g/mol. The molecule has 0 unspecified atom stereocenters. The van der Waals surface area contributed by atoms with Crippen molar-refractivity contribution < 1.29 is 22.8 Å². The van der Waals surface area contributed by atoms with Crippen LogP contribution in [0.4, 0.5) is 24.7 Å². The highest BCUT2D eigenvalue weighted by atomic mass is 32.2. The van der Waals surface area contributed by atoms with E-state index in [1.54, 1.807) is 0 Å². The predicted molar refractivity (Wildman–Crippen MR) is 117 cm³/mol. The SMILES string of the molecule is O=C1C[C@@H](C(=O)Nc2ccc(C(F)(F)F)cc2)c2c(nc(SCc3ccccc3)[nH]c2=O)N1. The van der Waals surface area contributed by atoms with Crippen molar-refractivity contribution in [3.63, 3.8) is 0 Å². The molecule has 3 N–H and O–H groups in total. The lowest BCUT2D eigenvalue weighted by Gasteiger charge is -2.23. The summed E-state index contributed by atoms with van der Waals surface area (Å²) in [6, 6.07) is 13.4. The molecule has 170 valence electrons. The minimum absolute atomic E-state index is 0.00173. The molecule has 33 heavy (non-hydrogen) atoms. The average Bonchev–Trinajstić information content (AvgIpc) is 2.77. The fourth-order valence-corrected chi connectivity index (χ4v) is 4.16. The van der Waals surface area contributed by atoms with Gasteiger partial charge in [-0.1, -0.05) is 42.1 Å². The minimum Gasteiger partial charge on any atom is -0.326 e. The van der Waals surface area contributed by atoms with E-state index in [0.717, 1.165) is 29.8 Å². The Morgan fingerprint density at radius 1 is 1.09 bits per heavy atom. The Labute approximate surface area is 189 Å². The third-order valence-corrected chi connectivity index (χ3v) is 5.89. The number of aromatic nitrogens is 2. The van der Waals surface area contributed by atoms with E-state index in [-0.39, 0.29) is 28.6 Å². The molecular formula is C22H17F3N4O3S. The van der Waals surface area contributed by atoms with Gasteiger partial charge in [-0.05, 0) is 29.8 Å². The molecule has 0 saturated heterocycles. The first-order valence-electron chi connectivity index (χ1n) is 9.79. The number of nitrogens with zero attached hydrogens (tertiary/aromatic N) is 1. The molecule has 1 atom stereocenters. The quantitative estimate of drug-likeness (QED) is 0.381. The van der Waals surface area contributed by atoms with E-state index >= 15 is 0 Å². The number of fused-ring (bicyclic) bond motifs is 1. The van der Waals surface area contributed by atoms with Crippen LogP contribution in [-0.2, 0) is 21.5 Å². The van der Waals surface area contributed by atoms with Crippen LogP contribution in [-0.4, -0.2) is 21.8 Å². The maximum atomic E-state index is 12.8. The summed E-state index contributed by atoms with van der Waals surface area (Å²) in [5.41, 5.74) is -0.295. The Bertz CT molecular complexity index is 1240. The number of anilines is 2. The van der Waals surface area contributed by atoms with Crippen LogP contribution in [0.5, 0.6) is 0 Å². The molecule has 1 aliphatic rings. The molecule has 0 fully saturated rings. The largest absolute Gasteiger partial charge is 0.416 e. The molecule has 1 aliphatic heterocycles. The van der Waals surface area contributed by atoms with Gasteiger partial charge in [-0.25, -0.2) is 4.98 Å². The van der Waals surface area contributed by atoms with E-state index in [2.05, 4.69) is 20.6 Å². The molecule has 11 heteroatoms. The number of nitrogens with one attached hydrogen (secondary N) is 3. The Kier molecular flexibility index (Phi) is 6.23. The first kappa shape index (κ1) is 22.6. The van der Waals surface area contributed by atoms with Gasteiger partial charge in [0.05, 0.1) is 17.0 Å². The molecule has 4 rings (SSSR count). The molecule has 2 amide bonds. The Morgan fingerprint density at radius 2 is 1.79 bits per heavy atom. The van der Waals surface area contributed by atoms with Crippen LogP contribution in [0, 0.1) is 0 Å². The molecule has 2 aromatic carbocycles. The third kappa shape index (κ3) is 5.25. The van der Waals surface area contributed by atoms with Gasteiger partial charge >= 0.3 is 6.18 Å². The van der Waals surface area contributed by atoms with Gasteiger partial charge in [-0.15, -0.1) is 0 Å². The van der Waals surface area contributed by atoms with Gasteiger partial charge in [0.1, 0.15) is 5.82 Å². The number of thioether (sulfide) groups is 1. The molecule has 7 nitrogen and oxygen atoms in total. The normalized spacial score (nSPS) is 15.5. The van der Waals surface area contributed by atoms with Crippen LogP contribution in [0.1, 0.15) is 29.0 Å². The fourth-order valence-electron chi connectivity index (χ4n) is 3.34. The van der Waals surface area contributed by atoms with Gasteiger partial charge in [0.25, 0.3) is 5.56 Å². The third-order valence-electron chi connectivity index (χ3n) is 4.94. The second-order valence-electron chi connectivity index (χ2n) is 7.28. The monoisotopic (exact) mass is 474 g/mol. The summed E-state index contributed by atoms with van der Waals surface area (Å²) >= 11 is 1.27. The smallest absolute Gasteiger partial charge is 0.326 e. The zero-order valence-electron chi connectivity index (χ0n) is 16.9. The molecule has 2 heterocycles. The highest BCUT2D eigenvalue weighted by Gasteiger charge is 2.35. The minimum atomic E-state index is -4.50. The summed E-state index contributed by atoms with van der Waals surface area (Å²) in [6.45, 7) is 0. The van der Waals surface area contributed by atoms with Crippen LogP contribution >= 0.6 is 11.8 Å². The van der Waals surface area contributed by atoms with Crippen LogP contribution in [0.2, 0.25) is 0 Å². The number of alkyl halides is 3. The number of carbonyl (C=O) groups is 2. The summed E-state index contributed by atoms with van der Waals surface area (Å²) in [4.78, 5) is 44.7. The van der Waals surface area contributed by atoms with E-state index < -0.39 is 35.0 Å². The number of halogens is 3. The van der Waals surface area contributed by atoms with Gasteiger partial charge in [-0.3, -0.25) is 14.4 Å². The topological polar surface area (TPSA) is 104 Å². The summed E-state index contributed by atoms with van der Waals surface area (Å²) < 4.78 is 38.2. The van der Waals surface area contributed by atoms with Crippen LogP contribution < -0.4 is 16.2 Å². The van der Waals surface area contributed by atoms with E-state index in [0.29, 0.717) is 5.75 Å². The molecule has 0 radical (unpaired) electrons. The summed E-state index contributed by atoms with van der Waals surface area (Å²) in [7, 11) is 0. The zero-order chi connectivity index (χ0) is 23.6. The first-order chi connectivity index (χ1) is 15.7. The van der Waals surface area contributed by atoms with Crippen LogP contribution in [0.15, 0.2) is 64.5 Å². The van der Waals surface area contributed by atoms with Crippen LogP contribution in [0.25, 0.3) is 0 Å². The number of carbonyl (C=O) groups excluding carboxylic acids is 2. The number of amides is 2. The first-order valence-corrected chi connectivity index (χ1v) is 10.8. The van der Waals surface area contributed by atoms with E-state index in [4.69, 9.17) is 0 Å². The fraction of sp³-hybridized carbons (Fsp3) is 0.182. The number of hydrogen-bond acceptors (Lipinski definition) is 5. The second-order valence-corrected chi connectivity index (χ2v) is 8.24. The lowest BCUT2D eigenvalue weighted by Crippen LogP contribution is -2.36. The standard InChI is InChI=1S/C22H17F3N4O3S/c23-22(24,25)13-6-8-14(9-7-13)26-19(31)15-10-16(30)27-18-17(15)20(32)29-21(28-18)33-11-12-4-2-1-3-5-12/h1-9,15H,10-11H2,(H,26,31)(H2,27,28,29,30,32)/t15-/m1/s1. The Hall–Kier alpha value is -3.60. The number of hydrogen-bond donors (Lipinski definition) is 3. The van der Waals surface area contributed by atoms with E-state index in [9.17, 15) is 27.6 Å². The van der Waals surface area contributed by atoms with E-state index in [1.165, 1.54) is 11.8 Å². The average molecular weight is 474 g/mol. The van der Waals surface area contributed by atoms with Gasteiger partial charge in [0.15, 0.2) is 5.16 Å². The maximum Gasteiger partial charge on any atom is 0.416 e. The highest BCUT2D eigenvalue weighted by molar-refractivity contribution is 7.98. The highest BCUT2D eigenvalue weighted by Crippen LogP contribution is 2.32. The molecule has 0 bridgehead atoms. The van der Waals surface area contributed by atoms with Crippen molar-refractivity contribution in [3.05, 3.63) is 81.6 Å². The number of H-pyrrole nitrogens is 1. The molecule has 0 spiro atoms. The maximum absolute atomic E-state index is 12.8. The Balaban J connectivity index is 1.54. The van der Waals surface area contributed by atoms with Gasteiger partial charge < -0.3 is 15.6 Å². The second kappa shape index (κ2) is 9.10. The molecule has 0 aliphatic carbocycles. The van der Waals surface area contributed by atoms with Gasteiger partial charge in [0, 0.05) is 17.9 Å². The van der Waals surface area contributed by atoms with Gasteiger partial charge in [-0.2, -0.15) is 13.2 Å². The molecule has 3 aromatic rings.